The summed E-state index contributed by atoms with van der Waals surface area (Å²) in [6.45, 7) is 19.7. The lowest BCUT2D eigenvalue weighted by molar-refractivity contribution is 0.0434. The van der Waals surface area contributed by atoms with Crippen LogP contribution in [-0.4, -0.2) is 28.9 Å². The number of aryl methyl sites for hydroxylation is 1. The van der Waals surface area contributed by atoms with Gasteiger partial charge in [0, 0.05) is 0 Å². The van der Waals surface area contributed by atoms with E-state index in [4.69, 9.17) is 8.61 Å². The highest BCUT2D eigenvalue weighted by molar-refractivity contribution is 7.86. The molecule has 4 nitrogen and oxygen atoms in total. The van der Waals surface area contributed by atoms with Crippen molar-refractivity contribution in [2.24, 2.45) is 5.92 Å². The Morgan fingerprint density at radius 1 is 0.842 bits per heavy atom. The molecule has 0 saturated carbocycles. The van der Waals surface area contributed by atoms with Gasteiger partial charge in [0.15, 0.2) is 8.32 Å². The molecule has 0 amide bonds. The number of hydrogen-bond donors (Lipinski definition) is 0. The second kappa shape index (κ2) is 17.0. The summed E-state index contributed by atoms with van der Waals surface area (Å²) < 4.78 is 39.7. The molecule has 1 aromatic rings. The van der Waals surface area contributed by atoms with Crippen LogP contribution in [0.25, 0.3) is 0 Å². The van der Waals surface area contributed by atoms with Crippen LogP contribution in [0.15, 0.2) is 41.3 Å². The van der Waals surface area contributed by atoms with Gasteiger partial charge in [0.2, 0.25) is 0 Å². The highest BCUT2D eigenvalue weighted by atomic mass is 32.2. The van der Waals surface area contributed by atoms with Gasteiger partial charge in [-0.1, -0.05) is 123 Å². The van der Waals surface area contributed by atoms with Crippen LogP contribution in [0.2, 0.25) is 18.1 Å². The minimum atomic E-state index is -3.90. The Morgan fingerprint density at radius 3 is 1.89 bits per heavy atom. The zero-order valence-corrected chi connectivity index (χ0v) is 27.8. The first-order valence-electron chi connectivity index (χ1n) is 15.0. The molecular weight excluding hydrogens is 509 g/mol. The topological polar surface area (TPSA) is 52.6 Å². The zero-order chi connectivity index (χ0) is 28.8. The summed E-state index contributed by atoms with van der Waals surface area (Å²) in [5.41, 5.74) is 1.02. The van der Waals surface area contributed by atoms with Gasteiger partial charge in [0.25, 0.3) is 10.1 Å². The zero-order valence-electron chi connectivity index (χ0n) is 26.0. The largest absolute Gasteiger partial charge is 0.411 e. The highest BCUT2D eigenvalue weighted by Gasteiger charge is 2.41. The number of allylic oxidation sites excluding steroid dienone is 1. The number of rotatable bonds is 19. The molecule has 2 atom stereocenters. The van der Waals surface area contributed by atoms with Gasteiger partial charge in [-0.2, -0.15) is 8.42 Å². The Balaban J connectivity index is 3.14. The minimum Gasteiger partial charge on any atom is -0.411 e. The van der Waals surface area contributed by atoms with Crippen LogP contribution in [0.5, 0.6) is 0 Å². The number of hydrogen-bond acceptors (Lipinski definition) is 4. The quantitative estimate of drug-likeness (QED) is 0.0723. The minimum absolute atomic E-state index is 0.0196. The molecule has 1 rings (SSSR count). The van der Waals surface area contributed by atoms with Crippen molar-refractivity contribution in [3.8, 4) is 0 Å². The maximum absolute atomic E-state index is 13.4. The Labute approximate surface area is 237 Å². The van der Waals surface area contributed by atoms with Crippen molar-refractivity contribution in [1.82, 2.24) is 0 Å². The molecule has 0 aliphatic heterocycles. The first kappa shape index (κ1) is 35.1. The van der Waals surface area contributed by atoms with Crippen LogP contribution >= 0.6 is 0 Å². The molecule has 220 valence electrons. The standard InChI is InChI=1S/C32H58O4SSi/c1-10-11-12-13-14-15-16-17-21-30(35-37(33,34)29-25-23-28(4)24-26-29)31(22-19-18-20-27(2)3)36-38(8,9)32(5,6)7/h18-19,23-27,30-31H,10-17,20-22H2,1-9H3/b19-18+/t30-,31+/m1/s1. The molecule has 0 aromatic heterocycles. The molecule has 1 aromatic carbocycles. The average Bonchev–Trinajstić information content (AvgIpc) is 2.81. The van der Waals surface area contributed by atoms with E-state index >= 15 is 0 Å². The van der Waals surface area contributed by atoms with Crippen molar-refractivity contribution >= 4 is 18.4 Å². The molecule has 38 heavy (non-hydrogen) atoms. The maximum Gasteiger partial charge on any atom is 0.297 e. The lowest BCUT2D eigenvalue weighted by Gasteiger charge is -2.41. The van der Waals surface area contributed by atoms with Gasteiger partial charge in [-0.05, 0) is 62.4 Å². The van der Waals surface area contributed by atoms with Crippen LogP contribution in [0, 0.1) is 12.8 Å². The fraction of sp³-hybridized carbons (Fsp3) is 0.750. The third-order valence-electron chi connectivity index (χ3n) is 7.71. The van der Waals surface area contributed by atoms with Gasteiger partial charge in [-0.25, -0.2) is 0 Å². The Kier molecular flexibility index (Phi) is 15.7. The number of benzene rings is 1. The highest BCUT2D eigenvalue weighted by Crippen LogP contribution is 2.39. The first-order valence-corrected chi connectivity index (χ1v) is 19.3. The fourth-order valence-electron chi connectivity index (χ4n) is 4.13. The van der Waals surface area contributed by atoms with E-state index in [2.05, 4.69) is 66.8 Å². The van der Waals surface area contributed by atoms with Gasteiger partial charge >= 0.3 is 0 Å². The fourth-order valence-corrected chi connectivity index (χ4v) is 6.61. The number of unbranched alkanes of at least 4 members (excludes halogenated alkanes) is 7. The van der Waals surface area contributed by atoms with Crippen molar-refractivity contribution in [2.45, 2.75) is 154 Å². The third kappa shape index (κ3) is 13.4. The van der Waals surface area contributed by atoms with Crippen LogP contribution in [-0.2, 0) is 18.7 Å². The smallest absolute Gasteiger partial charge is 0.297 e. The summed E-state index contributed by atoms with van der Waals surface area (Å²) in [5.74, 6) is 0.581. The van der Waals surface area contributed by atoms with Crippen LogP contribution in [0.1, 0.15) is 118 Å². The molecule has 0 spiro atoms. The van der Waals surface area contributed by atoms with Crippen molar-refractivity contribution in [2.75, 3.05) is 0 Å². The Morgan fingerprint density at radius 2 is 1.37 bits per heavy atom. The van der Waals surface area contributed by atoms with Gasteiger partial charge in [0.05, 0.1) is 11.0 Å². The molecule has 0 unspecified atom stereocenters. The van der Waals surface area contributed by atoms with Crippen LogP contribution < -0.4 is 0 Å². The predicted molar refractivity (Wildman–Crippen MR) is 166 cm³/mol. The summed E-state index contributed by atoms with van der Waals surface area (Å²) >= 11 is 0. The van der Waals surface area contributed by atoms with E-state index in [1.807, 2.05) is 19.1 Å². The van der Waals surface area contributed by atoms with E-state index < -0.39 is 24.5 Å². The SMILES string of the molecule is CCCCCCCCCC[C@@H](OS(=O)(=O)c1ccc(C)cc1)[C@H](C/C=C/CC(C)C)O[Si](C)(C)C(C)(C)C. The maximum atomic E-state index is 13.4. The lowest BCUT2D eigenvalue weighted by Crippen LogP contribution is -2.47. The monoisotopic (exact) mass is 566 g/mol. The summed E-state index contributed by atoms with van der Waals surface area (Å²) in [7, 11) is -6.06. The second-order valence-corrected chi connectivity index (χ2v) is 19.2. The Bertz CT molecular complexity index is 898. The van der Waals surface area contributed by atoms with E-state index in [-0.39, 0.29) is 16.0 Å². The van der Waals surface area contributed by atoms with Crippen molar-refractivity contribution in [3.05, 3.63) is 42.0 Å². The lowest BCUT2D eigenvalue weighted by atomic mass is 10.0. The molecule has 0 heterocycles. The van der Waals surface area contributed by atoms with E-state index in [0.717, 1.165) is 24.8 Å². The third-order valence-corrected chi connectivity index (χ3v) is 13.6. The van der Waals surface area contributed by atoms with Gasteiger partial charge in [-0.3, -0.25) is 4.18 Å². The van der Waals surface area contributed by atoms with Gasteiger partial charge in [0.1, 0.15) is 6.10 Å². The second-order valence-electron chi connectivity index (χ2n) is 12.9. The average molecular weight is 567 g/mol. The Hall–Kier alpha value is -0.953. The molecule has 6 heteroatoms. The van der Waals surface area contributed by atoms with Crippen molar-refractivity contribution in [1.29, 1.82) is 0 Å². The molecular formula is C32H58O4SSi. The predicted octanol–water partition coefficient (Wildman–Crippen LogP) is 9.98. The van der Waals surface area contributed by atoms with Gasteiger partial charge < -0.3 is 4.43 Å². The van der Waals surface area contributed by atoms with Crippen molar-refractivity contribution in [3.63, 3.8) is 0 Å². The van der Waals surface area contributed by atoms with E-state index in [1.165, 1.54) is 38.5 Å². The van der Waals surface area contributed by atoms with E-state index in [1.54, 1.807) is 12.1 Å². The summed E-state index contributed by atoms with van der Waals surface area (Å²) in [5, 5.41) is 0.0196. The van der Waals surface area contributed by atoms with Crippen molar-refractivity contribution < 1.29 is 17.0 Å². The molecule has 0 saturated heterocycles. The summed E-state index contributed by atoms with van der Waals surface area (Å²) in [6, 6.07) is 6.93. The molecule has 0 N–H and O–H groups in total. The molecule has 0 radical (unpaired) electrons. The summed E-state index contributed by atoms with van der Waals surface area (Å²) in [6.07, 6.45) is 15.5. The molecule has 0 fully saturated rings. The first-order chi connectivity index (χ1) is 17.7. The summed E-state index contributed by atoms with van der Waals surface area (Å²) in [4.78, 5) is 0.213. The van der Waals surface area contributed by atoms with E-state index in [0.29, 0.717) is 18.8 Å². The van der Waals surface area contributed by atoms with Crippen LogP contribution in [0.3, 0.4) is 0 Å². The molecule has 0 aliphatic rings. The normalized spacial score (nSPS) is 14.9. The molecule has 0 aliphatic carbocycles. The van der Waals surface area contributed by atoms with Gasteiger partial charge in [-0.15, -0.1) is 0 Å². The molecule has 0 bridgehead atoms. The van der Waals surface area contributed by atoms with E-state index in [9.17, 15) is 8.42 Å². The van der Waals surface area contributed by atoms with Crippen LogP contribution in [0.4, 0.5) is 0 Å².